The van der Waals surface area contributed by atoms with Crippen LogP contribution >= 0.6 is 0 Å². The third-order valence-electron chi connectivity index (χ3n) is 5.18. The predicted molar refractivity (Wildman–Crippen MR) is 85.7 cm³/mol. The van der Waals surface area contributed by atoms with E-state index in [4.69, 9.17) is 9.47 Å². The van der Waals surface area contributed by atoms with Gasteiger partial charge in [0.2, 0.25) is 11.8 Å². The van der Waals surface area contributed by atoms with Gasteiger partial charge in [-0.15, -0.1) is 0 Å². The smallest absolute Gasteiger partial charge is 0.326 e. The van der Waals surface area contributed by atoms with Crippen molar-refractivity contribution in [3.8, 4) is 11.5 Å². The second-order valence-corrected chi connectivity index (χ2v) is 6.49. The number of esters is 1. The SMILES string of the molecule is COC(=O)C1(C)NC(c2ccc(O)c(OC)c2)C2C(=O)N(C)C(=O)C21. The lowest BCUT2D eigenvalue weighted by atomic mass is 9.80. The second-order valence-electron chi connectivity index (χ2n) is 6.49. The molecule has 0 radical (unpaired) electrons. The highest BCUT2D eigenvalue weighted by atomic mass is 16.5. The summed E-state index contributed by atoms with van der Waals surface area (Å²) in [7, 11) is 4.07. The molecule has 2 aliphatic heterocycles. The Morgan fingerprint density at radius 3 is 2.56 bits per heavy atom. The average Bonchev–Trinajstić information content (AvgIpc) is 3.04. The van der Waals surface area contributed by atoms with E-state index in [1.165, 1.54) is 27.3 Å². The van der Waals surface area contributed by atoms with Gasteiger partial charge in [-0.05, 0) is 24.6 Å². The summed E-state index contributed by atoms with van der Waals surface area (Å²) in [6, 6.07) is 4.07. The van der Waals surface area contributed by atoms with Gasteiger partial charge in [0, 0.05) is 13.1 Å². The number of aromatic hydroxyl groups is 1. The minimum Gasteiger partial charge on any atom is -0.504 e. The van der Waals surface area contributed by atoms with Crippen LogP contribution in [0, 0.1) is 11.8 Å². The Hall–Kier alpha value is -2.61. The number of phenolic OH excluding ortho intramolecular Hbond substituents is 1. The van der Waals surface area contributed by atoms with Crippen LogP contribution in [0.2, 0.25) is 0 Å². The topological polar surface area (TPSA) is 105 Å². The molecule has 4 atom stereocenters. The molecule has 25 heavy (non-hydrogen) atoms. The van der Waals surface area contributed by atoms with Crippen LogP contribution in [-0.2, 0) is 19.1 Å². The van der Waals surface area contributed by atoms with Crippen LogP contribution in [0.25, 0.3) is 0 Å². The Kier molecular flexibility index (Phi) is 3.95. The fourth-order valence-corrected chi connectivity index (χ4v) is 3.86. The van der Waals surface area contributed by atoms with Gasteiger partial charge in [-0.3, -0.25) is 24.6 Å². The van der Waals surface area contributed by atoms with Crippen molar-refractivity contribution >= 4 is 17.8 Å². The first-order valence-corrected chi connectivity index (χ1v) is 7.80. The van der Waals surface area contributed by atoms with Crippen LogP contribution in [0.4, 0.5) is 0 Å². The van der Waals surface area contributed by atoms with Gasteiger partial charge in [0.25, 0.3) is 0 Å². The van der Waals surface area contributed by atoms with Gasteiger partial charge in [-0.1, -0.05) is 6.07 Å². The summed E-state index contributed by atoms with van der Waals surface area (Å²) in [6.07, 6.45) is 0. The molecule has 3 rings (SSSR count). The minimum absolute atomic E-state index is 0.0394. The number of phenols is 1. The number of ether oxygens (including phenoxy) is 2. The Morgan fingerprint density at radius 1 is 1.28 bits per heavy atom. The first-order valence-electron chi connectivity index (χ1n) is 7.80. The molecule has 2 fully saturated rings. The first-order chi connectivity index (χ1) is 11.8. The van der Waals surface area contributed by atoms with E-state index >= 15 is 0 Å². The van der Waals surface area contributed by atoms with E-state index in [1.807, 2.05) is 0 Å². The van der Waals surface area contributed by atoms with Gasteiger partial charge in [0.05, 0.1) is 26.1 Å². The highest BCUT2D eigenvalue weighted by molar-refractivity contribution is 6.09. The van der Waals surface area contributed by atoms with Crippen molar-refractivity contribution in [2.45, 2.75) is 18.5 Å². The lowest BCUT2D eigenvalue weighted by Crippen LogP contribution is -2.53. The second kappa shape index (κ2) is 5.73. The number of nitrogens with one attached hydrogen (secondary N) is 1. The molecule has 8 heteroatoms. The maximum absolute atomic E-state index is 12.6. The van der Waals surface area contributed by atoms with Gasteiger partial charge in [0.1, 0.15) is 5.54 Å². The fraction of sp³-hybridized carbons (Fsp3) is 0.471. The van der Waals surface area contributed by atoms with Gasteiger partial charge in [-0.2, -0.15) is 0 Å². The zero-order valence-electron chi connectivity index (χ0n) is 14.4. The molecule has 2 aliphatic rings. The Labute approximate surface area is 144 Å². The summed E-state index contributed by atoms with van der Waals surface area (Å²) in [6.45, 7) is 1.57. The van der Waals surface area contributed by atoms with Crippen LogP contribution in [-0.4, -0.2) is 54.6 Å². The molecule has 134 valence electrons. The number of imide groups is 1. The molecule has 1 aromatic rings. The van der Waals surface area contributed by atoms with E-state index in [-0.39, 0.29) is 17.4 Å². The Morgan fingerprint density at radius 2 is 1.96 bits per heavy atom. The molecule has 2 N–H and O–H groups in total. The van der Waals surface area contributed by atoms with Gasteiger partial charge < -0.3 is 14.6 Å². The molecule has 2 amide bonds. The van der Waals surface area contributed by atoms with Crippen molar-refractivity contribution < 1.29 is 29.0 Å². The summed E-state index contributed by atoms with van der Waals surface area (Å²) in [5, 5.41) is 12.9. The molecule has 0 aliphatic carbocycles. The molecule has 8 nitrogen and oxygen atoms in total. The molecule has 0 aromatic heterocycles. The molecule has 2 heterocycles. The third-order valence-corrected chi connectivity index (χ3v) is 5.18. The van der Waals surface area contributed by atoms with Crippen LogP contribution in [0.3, 0.4) is 0 Å². The zero-order valence-corrected chi connectivity index (χ0v) is 14.4. The van der Waals surface area contributed by atoms with Gasteiger partial charge in [0.15, 0.2) is 11.5 Å². The molecule has 1 aromatic carbocycles. The van der Waals surface area contributed by atoms with Gasteiger partial charge in [-0.25, -0.2) is 0 Å². The number of hydrogen-bond donors (Lipinski definition) is 2. The maximum atomic E-state index is 12.6. The Balaban J connectivity index is 2.11. The number of carbonyl (C=O) groups excluding carboxylic acids is 3. The van der Waals surface area contributed by atoms with E-state index in [0.717, 1.165) is 4.90 Å². The average molecular weight is 348 g/mol. The van der Waals surface area contributed by atoms with Crippen LogP contribution in [0.1, 0.15) is 18.5 Å². The quantitative estimate of drug-likeness (QED) is 0.594. The van der Waals surface area contributed by atoms with E-state index in [1.54, 1.807) is 19.1 Å². The first kappa shape index (κ1) is 17.2. The number of rotatable bonds is 3. The molecule has 2 saturated heterocycles. The van der Waals surface area contributed by atoms with Crippen molar-refractivity contribution in [1.82, 2.24) is 10.2 Å². The lowest BCUT2D eigenvalue weighted by molar-refractivity contribution is -0.152. The summed E-state index contributed by atoms with van der Waals surface area (Å²) in [4.78, 5) is 38.6. The number of benzene rings is 1. The highest BCUT2D eigenvalue weighted by Gasteiger charge is 2.66. The van der Waals surface area contributed by atoms with Crippen molar-refractivity contribution in [3.63, 3.8) is 0 Å². The Bertz CT molecular complexity index is 764. The number of carbonyl (C=O) groups is 3. The monoisotopic (exact) mass is 348 g/mol. The predicted octanol–water partition coefficient (Wildman–Crippen LogP) is 0.208. The summed E-state index contributed by atoms with van der Waals surface area (Å²) < 4.78 is 9.98. The van der Waals surface area contributed by atoms with Gasteiger partial charge >= 0.3 is 5.97 Å². The standard InChI is InChI=1S/C17H20N2O6/c1-17(16(23)25-4)12-11(14(21)19(2)15(12)22)13(18-17)8-5-6-9(20)10(7-8)24-3/h5-7,11-13,18,20H,1-4H3. The van der Waals surface area contributed by atoms with Crippen molar-refractivity contribution in [3.05, 3.63) is 23.8 Å². The zero-order chi connectivity index (χ0) is 18.5. The van der Waals surface area contributed by atoms with E-state index < -0.39 is 35.3 Å². The van der Waals surface area contributed by atoms with E-state index in [9.17, 15) is 19.5 Å². The molecule has 0 bridgehead atoms. The summed E-state index contributed by atoms with van der Waals surface area (Å²) in [5.74, 6) is -2.77. The highest BCUT2D eigenvalue weighted by Crippen LogP contribution is 2.49. The summed E-state index contributed by atoms with van der Waals surface area (Å²) in [5.41, 5.74) is -0.694. The lowest BCUT2D eigenvalue weighted by Gasteiger charge is -2.27. The largest absolute Gasteiger partial charge is 0.504 e. The molecular weight excluding hydrogens is 328 g/mol. The number of methoxy groups -OCH3 is 2. The van der Waals surface area contributed by atoms with Crippen molar-refractivity contribution in [2.75, 3.05) is 21.3 Å². The van der Waals surface area contributed by atoms with E-state index in [2.05, 4.69) is 5.32 Å². The number of hydrogen-bond acceptors (Lipinski definition) is 7. The number of amides is 2. The van der Waals surface area contributed by atoms with Crippen molar-refractivity contribution in [1.29, 1.82) is 0 Å². The number of fused-ring (bicyclic) bond motifs is 1. The maximum Gasteiger partial charge on any atom is 0.326 e. The van der Waals surface area contributed by atoms with Crippen molar-refractivity contribution in [2.24, 2.45) is 11.8 Å². The molecule has 0 spiro atoms. The van der Waals surface area contributed by atoms with Crippen LogP contribution in [0.5, 0.6) is 11.5 Å². The molecular formula is C17H20N2O6. The fourth-order valence-electron chi connectivity index (χ4n) is 3.86. The molecule has 4 unspecified atom stereocenters. The third kappa shape index (κ3) is 2.28. The van der Waals surface area contributed by atoms with Crippen LogP contribution in [0.15, 0.2) is 18.2 Å². The van der Waals surface area contributed by atoms with E-state index in [0.29, 0.717) is 5.56 Å². The van der Waals surface area contributed by atoms with Crippen LogP contribution < -0.4 is 10.1 Å². The minimum atomic E-state index is -1.33. The number of nitrogens with zero attached hydrogens (tertiary/aromatic N) is 1. The number of likely N-dealkylation sites (tertiary alicyclic amines) is 1. The summed E-state index contributed by atoms with van der Waals surface area (Å²) >= 11 is 0. The molecule has 0 saturated carbocycles. The normalized spacial score (nSPS) is 31.2.